The molecule has 53 heavy (non-hydrogen) atoms. The Bertz CT molecular complexity index is 1760. The summed E-state index contributed by atoms with van der Waals surface area (Å²) >= 11 is 0. The van der Waals surface area contributed by atoms with E-state index >= 15 is 0 Å². The van der Waals surface area contributed by atoms with Gasteiger partial charge in [0.2, 0.25) is 10.0 Å². The van der Waals surface area contributed by atoms with Gasteiger partial charge in [0.1, 0.15) is 11.3 Å². The second-order valence-electron chi connectivity index (χ2n) is 14.5. The molecular formula is C40H64N6O6S. The third kappa shape index (κ3) is 11.8. The number of rotatable bonds is 24. The lowest BCUT2D eigenvalue weighted by molar-refractivity contribution is -0.143. The van der Waals surface area contributed by atoms with Gasteiger partial charge in [-0.1, -0.05) is 110 Å². The molecule has 1 saturated heterocycles. The molecule has 1 aliphatic heterocycles. The molecule has 0 unspecified atom stereocenters. The Hall–Kier alpha value is -3.29. The van der Waals surface area contributed by atoms with Gasteiger partial charge in [-0.15, -0.1) is 0 Å². The molecule has 0 N–H and O–H groups in total. The SMILES string of the molecule is CCCCCCCCCCCCCCCCCC(=O)On1c(-c2cc(S(=O)(=O)N3CCN(C)CC3)ccc2OCC)nc(=O)c2c1c(CCC)nn2C. The van der Waals surface area contributed by atoms with Gasteiger partial charge in [-0.05, 0) is 45.0 Å². The van der Waals surface area contributed by atoms with E-state index in [9.17, 15) is 18.0 Å². The number of aryl methyl sites for hydroxylation is 2. The van der Waals surface area contributed by atoms with Crippen LogP contribution in [0.1, 0.15) is 136 Å². The van der Waals surface area contributed by atoms with Crippen LogP contribution in [0.15, 0.2) is 27.9 Å². The van der Waals surface area contributed by atoms with Gasteiger partial charge in [-0.25, -0.2) is 13.2 Å². The number of carbonyl (C=O) groups is 1. The summed E-state index contributed by atoms with van der Waals surface area (Å²) in [5, 5.41) is 4.60. The van der Waals surface area contributed by atoms with Crippen molar-refractivity contribution in [2.45, 2.75) is 141 Å². The fourth-order valence-electron chi connectivity index (χ4n) is 7.08. The summed E-state index contributed by atoms with van der Waals surface area (Å²) in [6.07, 6.45) is 19.9. The number of ether oxygens (including phenoxy) is 1. The highest BCUT2D eigenvalue weighted by molar-refractivity contribution is 7.89. The molecule has 3 heterocycles. The smallest absolute Gasteiger partial charge is 0.333 e. The number of piperazine rings is 1. The number of benzene rings is 1. The van der Waals surface area contributed by atoms with Gasteiger partial charge in [-0.2, -0.15) is 19.1 Å². The van der Waals surface area contributed by atoms with Crippen molar-refractivity contribution in [3.05, 3.63) is 34.2 Å². The predicted molar refractivity (Wildman–Crippen MR) is 211 cm³/mol. The van der Waals surface area contributed by atoms with E-state index < -0.39 is 21.6 Å². The van der Waals surface area contributed by atoms with E-state index in [2.05, 4.69) is 21.9 Å². The maximum Gasteiger partial charge on any atom is 0.333 e. The summed E-state index contributed by atoms with van der Waals surface area (Å²) in [6.45, 7) is 8.35. The van der Waals surface area contributed by atoms with Crippen molar-refractivity contribution in [2.75, 3.05) is 39.8 Å². The fraction of sp³-hybridized carbons (Fsp3) is 0.700. The molecule has 0 bridgehead atoms. The lowest BCUT2D eigenvalue weighted by Gasteiger charge is -2.31. The minimum atomic E-state index is -3.87. The van der Waals surface area contributed by atoms with Crippen LogP contribution in [0.25, 0.3) is 22.4 Å². The Morgan fingerprint density at radius 3 is 1.92 bits per heavy atom. The molecule has 2 aromatic heterocycles. The van der Waals surface area contributed by atoms with Gasteiger partial charge >= 0.3 is 5.97 Å². The second-order valence-corrected chi connectivity index (χ2v) is 16.5. The molecule has 13 heteroatoms. The predicted octanol–water partition coefficient (Wildman–Crippen LogP) is 7.30. The summed E-state index contributed by atoms with van der Waals surface area (Å²) in [5.74, 6) is -0.140. The van der Waals surface area contributed by atoms with Crippen LogP contribution >= 0.6 is 0 Å². The maximum atomic E-state index is 13.8. The quantitative estimate of drug-likeness (QED) is 0.0865. The molecular weight excluding hydrogens is 693 g/mol. The number of unbranched alkanes of at least 4 members (excludes halogenated alkanes) is 14. The van der Waals surface area contributed by atoms with Crippen LogP contribution in [-0.4, -0.2) is 82.9 Å². The monoisotopic (exact) mass is 756 g/mol. The first-order valence-corrected chi connectivity index (χ1v) is 21.7. The molecule has 0 amide bonds. The number of hydrogen-bond donors (Lipinski definition) is 0. The summed E-state index contributed by atoms with van der Waals surface area (Å²) in [5.41, 5.74) is 0.828. The average Bonchev–Trinajstić information content (AvgIpc) is 3.47. The number of likely N-dealkylation sites (N-methyl/N-ethyl adjacent to an activating group) is 1. The first kappa shape index (κ1) is 42.5. The van der Waals surface area contributed by atoms with Gasteiger partial charge in [0.05, 0.1) is 22.8 Å². The van der Waals surface area contributed by atoms with Crippen LogP contribution in [0.3, 0.4) is 0 Å². The minimum Gasteiger partial charge on any atom is -0.493 e. The van der Waals surface area contributed by atoms with Crippen LogP contribution in [0, 0.1) is 0 Å². The zero-order chi connectivity index (χ0) is 38.2. The zero-order valence-electron chi connectivity index (χ0n) is 33.0. The number of fused-ring (bicyclic) bond motifs is 1. The number of hydrogen-bond acceptors (Lipinski definition) is 9. The van der Waals surface area contributed by atoms with Gasteiger partial charge in [-0.3, -0.25) is 9.48 Å². The normalized spacial score (nSPS) is 14.3. The van der Waals surface area contributed by atoms with Crippen molar-refractivity contribution in [3.63, 3.8) is 0 Å². The Morgan fingerprint density at radius 1 is 0.774 bits per heavy atom. The van der Waals surface area contributed by atoms with Crippen molar-refractivity contribution < 1.29 is 22.8 Å². The molecule has 3 aromatic rings. The van der Waals surface area contributed by atoms with Crippen molar-refractivity contribution in [3.8, 4) is 17.1 Å². The van der Waals surface area contributed by atoms with Crippen molar-refractivity contribution in [2.24, 2.45) is 7.05 Å². The summed E-state index contributed by atoms with van der Waals surface area (Å²) in [4.78, 5) is 39.7. The third-order valence-electron chi connectivity index (χ3n) is 10.2. The van der Waals surface area contributed by atoms with Crippen LogP contribution in [-0.2, 0) is 28.3 Å². The van der Waals surface area contributed by atoms with E-state index in [1.807, 2.05) is 20.9 Å². The molecule has 4 rings (SSSR count). The molecule has 0 radical (unpaired) electrons. The second kappa shape index (κ2) is 21.6. The Morgan fingerprint density at radius 2 is 1.36 bits per heavy atom. The minimum absolute atomic E-state index is 0.00317. The lowest BCUT2D eigenvalue weighted by Crippen LogP contribution is -2.47. The first-order valence-electron chi connectivity index (χ1n) is 20.3. The van der Waals surface area contributed by atoms with Gasteiger partial charge in [0.25, 0.3) is 5.56 Å². The Balaban J connectivity index is 1.48. The number of sulfonamides is 1. The van der Waals surface area contributed by atoms with E-state index in [1.54, 1.807) is 13.1 Å². The van der Waals surface area contributed by atoms with Crippen molar-refractivity contribution >= 4 is 27.0 Å². The van der Waals surface area contributed by atoms with Crippen molar-refractivity contribution in [1.29, 1.82) is 0 Å². The first-order chi connectivity index (χ1) is 25.6. The number of carbonyl (C=O) groups excluding carboxylic acids is 1. The van der Waals surface area contributed by atoms with Crippen LogP contribution in [0.2, 0.25) is 0 Å². The fourth-order valence-corrected chi connectivity index (χ4v) is 8.53. The maximum absolute atomic E-state index is 13.8. The topological polar surface area (TPSA) is 129 Å². The molecule has 1 aromatic carbocycles. The molecule has 0 saturated carbocycles. The van der Waals surface area contributed by atoms with E-state index in [0.29, 0.717) is 56.0 Å². The van der Waals surface area contributed by atoms with Gasteiger partial charge in [0.15, 0.2) is 11.3 Å². The van der Waals surface area contributed by atoms with E-state index in [4.69, 9.17) is 9.57 Å². The Labute approximate surface area is 317 Å². The number of aromatic nitrogens is 4. The molecule has 0 atom stereocenters. The Kier molecular flexibility index (Phi) is 17.3. The standard InChI is InChI=1S/C40H64N6O6S/c1-6-9-10-11-12-13-14-15-16-17-18-19-20-21-22-24-36(47)52-46-37-34(23-7-2)42-44(5)38(37)40(48)41-39(46)33-31-32(25-26-35(33)51-8-3)53(49,50)45-29-27-43(4)28-30-45/h25-26,31H,6-24,27-30H2,1-5H3. The number of nitrogens with zero attached hydrogens (tertiary/aromatic N) is 6. The summed E-state index contributed by atoms with van der Waals surface area (Å²) in [6, 6.07) is 4.56. The van der Waals surface area contributed by atoms with Gasteiger partial charge < -0.3 is 14.5 Å². The molecule has 1 fully saturated rings. The molecule has 296 valence electrons. The highest BCUT2D eigenvalue weighted by atomic mass is 32.2. The third-order valence-corrected chi connectivity index (χ3v) is 12.0. The summed E-state index contributed by atoms with van der Waals surface area (Å²) < 4.78 is 37.8. The van der Waals surface area contributed by atoms with Gasteiger partial charge in [0, 0.05) is 39.6 Å². The lowest BCUT2D eigenvalue weighted by atomic mass is 10.0. The van der Waals surface area contributed by atoms with E-state index in [-0.39, 0.29) is 34.8 Å². The summed E-state index contributed by atoms with van der Waals surface area (Å²) in [7, 11) is -0.238. The average molecular weight is 757 g/mol. The highest BCUT2D eigenvalue weighted by Crippen LogP contribution is 2.34. The molecule has 0 aliphatic carbocycles. The van der Waals surface area contributed by atoms with Crippen LogP contribution in [0.5, 0.6) is 5.75 Å². The van der Waals surface area contributed by atoms with E-state index in [1.165, 1.54) is 96.5 Å². The molecule has 12 nitrogen and oxygen atoms in total. The zero-order valence-corrected chi connectivity index (χ0v) is 33.9. The molecule has 1 aliphatic rings. The van der Waals surface area contributed by atoms with Crippen LogP contribution < -0.4 is 15.1 Å². The van der Waals surface area contributed by atoms with Crippen LogP contribution in [0.4, 0.5) is 0 Å². The largest absolute Gasteiger partial charge is 0.493 e. The molecule has 0 spiro atoms. The van der Waals surface area contributed by atoms with Crippen molar-refractivity contribution in [1.82, 2.24) is 28.7 Å². The van der Waals surface area contributed by atoms with E-state index in [0.717, 1.165) is 25.7 Å². The highest BCUT2D eigenvalue weighted by Gasteiger charge is 2.30.